The maximum Gasteiger partial charge on any atom is 0.304 e. The molecule has 8 nitrogen and oxygen atoms in total. The lowest BCUT2D eigenvalue weighted by Crippen LogP contribution is -2.54. The molecule has 0 aliphatic carbocycles. The van der Waals surface area contributed by atoms with Crippen LogP contribution in [-0.4, -0.2) is 69.2 Å². The summed E-state index contributed by atoms with van der Waals surface area (Å²) in [5.41, 5.74) is 1.42. The standard InChI is InChI=1S/C26H38N4O4S/c1-6-24(26(32)27-19-21(2)3)29(18-17-22-13-9-7-10-14-22)25(31)20-30(35(33,34)28(4)5)23-15-11-8-12-16-23/h7-16,21,24H,6,17-20H2,1-5H3,(H,27,32)/t24-/m1/s1. The molecule has 1 atom stereocenters. The predicted octanol–water partition coefficient (Wildman–Crippen LogP) is 2.92. The van der Waals surface area contributed by atoms with Crippen LogP contribution in [0.2, 0.25) is 0 Å². The summed E-state index contributed by atoms with van der Waals surface area (Å²) in [7, 11) is -1.09. The molecule has 9 heteroatoms. The van der Waals surface area contributed by atoms with Crippen molar-refractivity contribution in [3.63, 3.8) is 0 Å². The van der Waals surface area contributed by atoms with Crippen LogP contribution in [-0.2, 0) is 26.2 Å². The minimum absolute atomic E-state index is 0.232. The van der Waals surface area contributed by atoms with Gasteiger partial charge in [-0.15, -0.1) is 0 Å². The molecule has 0 spiro atoms. The van der Waals surface area contributed by atoms with E-state index >= 15 is 0 Å². The minimum Gasteiger partial charge on any atom is -0.354 e. The average Bonchev–Trinajstić information content (AvgIpc) is 2.84. The third-order valence-corrected chi connectivity index (χ3v) is 7.44. The molecule has 0 bridgehead atoms. The molecule has 0 aliphatic rings. The van der Waals surface area contributed by atoms with Crippen molar-refractivity contribution in [3.05, 3.63) is 66.2 Å². The van der Waals surface area contributed by atoms with E-state index in [9.17, 15) is 18.0 Å². The summed E-state index contributed by atoms with van der Waals surface area (Å²) in [6.07, 6.45) is 0.961. The minimum atomic E-state index is -3.94. The van der Waals surface area contributed by atoms with Crippen molar-refractivity contribution in [1.82, 2.24) is 14.5 Å². The van der Waals surface area contributed by atoms with E-state index < -0.39 is 28.7 Å². The van der Waals surface area contributed by atoms with Gasteiger partial charge in [-0.2, -0.15) is 12.7 Å². The maximum absolute atomic E-state index is 13.7. The molecule has 2 amide bonds. The van der Waals surface area contributed by atoms with Gasteiger partial charge in [0.25, 0.3) is 0 Å². The van der Waals surface area contributed by atoms with Crippen LogP contribution in [0, 0.1) is 5.92 Å². The van der Waals surface area contributed by atoms with Crippen molar-refractivity contribution in [2.24, 2.45) is 5.92 Å². The predicted molar refractivity (Wildman–Crippen MR) is 140 cm³/mol. The number of nitrogens with one attached hydrogen (secondary N) is 1. The Kier molecular flexibility index (Phi) is 10.7. The van der Waals surface area contributed by atoms with E-state index in [1.165, 1.54) is 19.0 Å². The fourth-order valence-electron chi connectivity index (χ4n) is 3.63. The van der Waals surface area contributed by atoms with Gasteiger partial charge in [-0.1, -0.05) is 69.3 Å². The second-order valence-electron chi connectivity index (χ2n) is 9.02. The van der Waals surface area contributed by atoms with Crippen molar-refractivity contribution < 1.29 is 18.0 Å². The van der Waals surface area contributed by atoms with Gasteiger partial charge >= 0.3 is 10.2 Å². The monoisotopic (exact) mass is 502 g/mol. The molecule has 0 aliphatic heterocycles. The van der Waals surface area contributed by atoms with Crippen molar-refractivity contribution in [2.75, 3.05) is 38.0 Å². The molecule has 192 valence electrons. The number of benzene rings is 2. The summed E-state index contributed by atoms with van der Waals surface area (Å²) in [6.45, 7) is 6.25. The molecule has 35 heavy (non-hydrogen) atoms. The molecule has 0 saturated heterocycles. The summed E-state index contributed by atoms with van der Waals surface area (Å²) >= 11 is 0. The highest BCUT2D eigenvalue weighted by molar-refractivity contribution is 7.90. The first-order valence-electron chi connectivity index (χ1n) is 11.9. The van der Waals surface area contributed by atoms with Gasteiger partial charge < -0.3 is 10.2 Å². The number of rotatable bonds is 13. The Hall–Kier alpha value is -2.91. The molecule has 2 rings (SSSR count). The fraction of sp³-hybridized carbons (Fsp3) is 0.462. The number of hydrogen-bond donors (Lipinski definition) is 1. The van der Waals surface area contributed by atoms with E-state index in [0.717, 1.165) is 14.2 Å². The summed E-state index contributed by atoms with van der Waals surface area (Å²) < 4.78 is 28.4. The SMILES string of the molecule is CC[C@H](C(=O)NCC(C)C)N(CCc1ccccc1)C(=O)CN(c1ccccc1)S(=O)(=O)N(C)C. The molecule has 0 unspecified atom stereocenters. The van der Waals surface area contributed by atoms with Crippen LogP contribution >= 0.6 is 0 Å². The Morgan fingerprint density at radius 3 is 2.03 bits per heavy atom. The van der Waals surface area contributed by atoms with Gasteiger partial charge in [0, 0.05) is 27.2 Å². The topological polar surface area (TPSA) is 90.0 Å². The van der Waals surface area contributed by atoms with Crippen LogP contribution < -0.4 is 9.62 Å². The van der Waals surface area contributed by atoms with E-state index in [0.29, 0.717) is 31.6 Å². The second kappa shape index (κ2) is 13.3. The van der Waals surface area contributed by atoms with E-state index in [-0.39, 0.29) is 11.8 Å². The summed E-state index contributed by atoms with van der Waals surface area (Å²) in [5, 5.41) is 2.93. The van der Waals surface area contributed by atoms with Gasteiger partial charge in [0.1, 0.15) is 12.6 Å². The summed E-state index contributed by atoms with van der Waals surface area (Å²) in [4.78, 5) is 28.3. The Balaban J connectivity index is 2.37. The zero-order valence-corrected chi connectivity index (χ0v) is 22.2. The van der Waals surface area contributed by atoms with E-state index in [1.807, 2.05) is 51.1 Å². The number of anilines is 1. The molecule has 0 aromatic heterocycles. The highest BCUT2D eigenvalue weighted by Crippen LogP contribution is 2.20. The Morgan fingerprint density at radius 2 is 1.51 bits per heavy atom. The fourth-order valence-corrected chi connectivity index (χ4v) is 4.69. The van der Waals surface area contributed by atoms with Crippen LogP contribution in [0.4, 0.5) is 5.69 Å². The molecular weight excluding hydrogens is 464 g/mol. The van der Waals surface area contributed by atoms with Crippen LogP contribution in [0.25, 0.3) is 0 Å². The number of hydrogen-bond acceptors (Lipinski definition) is 4. The second-order valence-corrected chi connectivity index (χ2v) is 11.1. The summed E-state index contributed by atoms with van der Waals surface area (Å²) in [6, 6.07) is 17.5. The quantitative estimate of drug-likeness (QED) is 0.456. The number of para-hydroxylation sites is 1. The van der Waals surface area contributed by atoms with Crippen LogP contribution in [0.1, 0.15) is 32.8 Å². The first-order chi connectivity index (χ1) is 16.6. The van der Waals surface area contributed by atoms with E-state index in [2.05, 4.69) is 5.32 Å². The van der Waals surface area contributed by atoms with Crippen LogP contribution in [0.15, 0.2) is 60.7 Å². The third kappa shape index (κ3) is 8.07. The Bertz CT molecular complexity index is 1040. The van der Waals surface area contributed by atoms with Crippen molar-refractivity contribution in [3.8, 4) is 0 Å². The van der Waals surface area contributed by atoms with Crippen molar-refractivity contribution in [2.45, 2.75) is 39.7 Å². The molecule has 0 heterocycles. The molecule has 0 saturated carbocycles. The van der Waals surface area contributed by atoms with Gasteiger partial charge in [-0.25, -0.2) is 4.31 Å². The number of carbonyl (C=O) groups excluding carboxylic acids is 2. The lowest BCUT2D eigenvalue weighted by molar-refractivity contribution is -0.139. The van der Waals surface area contributed by atoms with Crippen molar-refractivity contribution >= 4 is 27.7 Å². The molecule has 2 aromatic carbocycles. The van der Waals surface area contributed by atoms with E-state index in [4.69, 9.17) is 0 Å². The highest BCUT2D eigenvalue weighted by Gasteiger charge is 2.33. The van der Waals surface area contributed by atoms with Crippen LogP contribution in [0.5, 0.6) is 0 Å². The average molecular weight is 503 g/mol. The molecule has 2 aromatic rings. The van der Waals surface area contributed by atoms with Gasteiger partial charge in [-0.3, -0.25) is 9.59 Å². The molecule has 0 radical (unpaired) electrons. The van der Waals surface area contributed by atoms with Gasteiger partial charge in [0.2, 0.25) is 11.8 Å². The van der Waals surface area contributed by atoms with Crippen LogP contribution in [0.3, 0.4) is 0 Å². The first kappa shape index (κ1) is 28.3. The molecule has 0 fully saturated rings. The largest absolute Gasteiger partial charge is 0.354 e. The zero-order valence-electron chi connectivity index (χ0n) is 21.3. The lowest BCUT2D eigenvalue weighted by Gasteiger charge is -2.34. The molecule has 1 N–H and O–H groups in total. The summed E-state index contributed by atoms with van der Waals surface area (Å²) in [5.74, 6) is -0.394. The first-order valence-corrected chi connectivity index (χ1v) is 13.3. The zero-order chi connectivity index (χ0) is 26.0. The number of amides is 2. The smallest absolute Gasteiger partial charge is 0.304 e. The van der Waals surface area contributed by atoms with Gasteiger partial charge in [0.15, 0.2) is 0 Å². The molecular formula is C26H38N4O4S. The van der Waals surface area contributed by atoms with Gasteiger partial charge in [0.05, 0.1) is 5.69 Å². The Morgan fingerprint density at radius 1 is 0.943 bits per heavy atom. The third-order valence-electron chi connectivity index (χ3n) is 5.62. The number of carbonyl (C=O) groups is 2. The highest BCUT2D eigenvalue weighted by atomic mass is 32.2. The van der Waals surface area contributed by atoms with Crippen molar-refractivity contribution in [1.29, 1.82) is 0 Å². The van der Waals surface area contributed by atoms with E-state index in [1.54, 1.807) is 30.3 Å². The lowest BCUT2D eigenvalue weighted by atomic mass is 10.1. The maximum atomic E-state index is 13.7. The Labute approximate surface area is 210 Å². The normalized spacial score (nSPS) is 12.4. The van der Waals surface area contributed by atoms with Gasteiger partial charge in [-0.05, 0) is 36.5 Å². The number of nitrogens with zero attached hydrogens (tertiary/aromatic N) is 3.